The minimum Gasteiger partial charge on any atom is -0.353 e. The van der Waals surface area contributed by atoms with Crippen molar-refractivity contribution in [2.75, 3.05) is 18.0 Å². The van der Waals surface area contributed by atoms with E-state index in [9.17, 15) is 4.79 Å². The van der Waals surface area contributed by atoms with E-state index in [0.717, 1.165) is 52.7 Å². The molecule has 1 amide bonds. The van der Waals surface area contributed by atoms with Gasteiger partial charge in [-0.15, -0.1) is 0 Å². The highest BCUT2D eigenvalue weighted by atomic mass is 35.5. The van der Waals surface area contributed by atoms with E-state index < -0.39 is 0 Å². The van der Waals surface area contributed by atoms with Crippen molar-refractivity contribution >= 4 is 44.2 Å². The predicted octanol–water partition coefficient (Wildman–Crippen LogP) is 4.86. The number of piperidine rings is 1. The van der Waals surface area contributed by atoms with E-state index in [-0.39, 0.29) is 11.8 Å². The fraction of sp³-hybridized carbons (Fsp3) is 0.600. The zero-order chi connectivity index (χ0) is 18.1. The maximum absolute atomic E-state index is 12.7. The number of hydrogen-bond acceptors (Lipinski definition) is 4. The number of carbonyl (C=O) groups is 1. The molecule has 2 heterocycles. The van der Waals surface area contributed by atoms with Gasteiger partial charge in [0.1, 0.15) is 0 Å². The summed E-state index contributed by atoms with van der Waals surface area (Å²) in [7, 11) is 0. The predicted molar refractivity (Wildman–Crippen MR) is 109 cm³/mol. The quantitative estimate of drug-likeness (QED) is 0.812. The van der Waals surface area contributed by atoms with Crippen LogP contribution in [0.25, 0.3) is 10.2 Å². The van der Waals surface area contributed by atoms with Gasteiger partial charge in [0.05, 0.1) is 10.2 Å². The van der Waals surface area contributed by atoms with Gasteiger partial charge < -0.3 is 10.2 Å². The van der Waals surface area contributed by atoms with Gasteiger partial charge in [-0.2, -0.15) is 0 Å². The molecule has 2 fully saturated rings. The average Bonchev–Trinajstić information content (AvgIpc) is 3.07. The van der Waals surface area contributed by atoms with Crippen LogP contribution in [0.1, 0.15) is 45.4 Å². The van der Waals surface area contributed by atoms with Gasteiger partial charge >= 0.3 is 0 Å². The highest BCUT2D eigenvalue weighted by Gasteiger charge is 2.29. The first kappa shape index (κ1) is 18.1. The molecule has 6 heteroatoms. The number of aromatic nitrogens is 1. The van der Waals surface area contributed by atoms with Gasteiger partial charge in [0, 0.05) is 30.1 Å². The molecule has 2 unspecified atom stereocenters. The van der Waals surface area contributed by atoms with Crippen LogP contribution in [0, 0.1) is 11.8 Å². The first-order valence-corrected chi connectivity index (χ1v) is 10.9. The van der Waals surface area contributed by atoms with Gasteiger partial charge in [0.15, 0.2) is 5.13 Å². The molecule has 4 rings (SSSR count). The maximum atomic E-state index is 12.7. The molecule has 0 bridgehead atoms. The molecule has 1 aromatic heterocycles. The van der Waals surface area contributed by atoms with Crippen molar-refractivity contribution in [3.63, 3.8) is 0 Å². The van der Waals surface area contributed by atoms with Gasteiger partial charge in [-0.25, -0.2) is 4.98 Å². The second-order valence-electron chi connectivity index (χ2n) is 7.75. The fourth-order valence-electron chi connectivity index (χ4n) is 4.19. The van der Waals surface area contributed by atoms with Crippen LogP contribution in [0.15, 0.2) is 18.2 Å². The molecule has 26 heavy (non-hydrogen) atoms. The third-order valence-electron chi connectivity index (χ3n) is 5.91. The van der Waals surface area contributed by atoms with Gasteiger partial charge in [0.25, 0.3) is 0 Å². The third-order valence-corrected chi connectivity index (χ3v) is 7.23. The number of rotatable bonds is 3. The third kappa shape index (κ3) is 3.84. The van der Waals surface area contributed by atoms with Crippen LogP contribution in [0.3, 0.4) is 0 Å². The largest absolute Gasteiger partial charge is 0.353 e. The molecule has 2 aliphatic rings. The average molecular weight is 392 g/mol. The summed E-state index contributed by atoms with van der Waals surface area (Å²) in [6, 6.07) is 6.21. The first-order valence-electron chi connectivity index (χ1n) is 9.71. The number of nitrogens with one attached hydrogen (secondary N) is 1. The van der Waals surface area contributed by atoms with Crippen molar-refractivity contribution < 1.29 is 4.79 Å². The lowest BCUT2D eigenvalue weighted by atomic mass is 9.85. The highest BCUT2D eigenvalue weighted by molar-refractivity contribution is 7.22. The van der Waals surface area contributed by atoms with Crippen LogP contribution < -0.4 is 10.2 Å². The molecule has 1 saturated heterocycles. The van der Waals surface area contributed by atoms with E-state index in [1.165, 1.54) is 19.3 Å². The molecule has 2 atom stereocenters. The molecule has 1 aromatic carbocycles. The molecule has 1 aliphatic heterocycles. The SMILES string of the molecule is CC1CCCCC1NC(=O)C1CCN(c2nc3ccc(Cl)cc3s2)CC1. The molecule has 4 nitrogen and oxygen atoms in total. The Bertz CT molecular complexity index is 784. The van der Waals surface area contributed by atoms with Gasteiger partial charge in [-0.05, 0) is 49.8 Å². The summed E-state index contributed by atoms with van der Waals surface area (Å²) >= 11 is 7.76. The van der Waals surface area contributed by atoms with E-state index in [4.69, 9.17) is 16.6 Å². The summed E-state index contributed by atoms with van der Waals surface area (Å²) < 4.78 is 1.12. The number of carbonyl (C=O) groups excluding carboxylic acids is 1. The van der Waals surface area contributed by atoms with Crippen molar-refractivity contribution in [1.82, 2.24) is 10.3 Å². The molecule has 2 aromatic rings. The van der Waals surface area contributed by atoms with Gasteiger partial charge in [-0.1, -0.05) is 42.7 Å². The lowest BCUT2D eigenvalue weighted by molar-refractivity contribution is -0.126. The van der Waals surface area contributed by atoms with Crippen molar-refractivity contribution in [3.8, 4) is 0 Å². The summed E-state index contributed by atoms with van der Waals surface area (Å²) in [5.41, 5.74) is 1.00. The Morgan fingerprint density at radius 3 is 2.77 bits per heavy atom. The molecule has 1 saturated carbocycles. The van der Waals surface area contributed by atoms with Crippen LogP contribution in [0.2, 0.25) is 5.02 Å². The van der Waals surface area contributed by atoms with Crippen molar-refractivity contribution in [2.45, 2.75) is 51.5 Å². The Morgan fingerprint density at radius 2 is 2.00 bits per heavy atom. The number of fused-ring (bicyclic) bond motifs is 1. The normalized spacial score (nSPS) is 24.8. The Kier molecular flexibility index (Phi) is 5.37. The number of halogens is 1. The van der Waals surface area contributed by atoms with E-state index >= 15 is 0 Å². The Morgan fingerprint density at radius 1 is 1.23 bits per heavy atom. The van der Waals surface area contributed by atoms with E-state index in [1.54, 1.807) is 11.3 Å². The monoisotopic (exact) mass is 391 g/mol. The highest BCUT2D eigenvalue weighted by Crippen LogP contribution is 2.33. The fourth-order valence-corrected chi connectivity index (χ4v) is 5.48. The Hall–Kier alpha value is -1.33. The summed E-state index contributed by atoms with van der Waals surface area (Å²) in [5.74, 6) is 1.02. The van der Waals surface area contributed by atoms with Crippen molar-refractivity contribution in [1.29, 1.82) is 0 Å². The van der Waals surface area contributed by atoms with Crippen LogP contribution in [-0.4, -0.2) is 30.0 Å². The summed E-state index contributed by atoms with van der Waals surface area (Å²) in [4.78, 5) is 19.7. The first-order chi connectivity index (χ1) is 12.6. The Labute approximate surface area is 163 Å². The molecule has 1 aliphatic carbocycles. The lowest BCUT2D eigenvalue weighted by Gasteiger charge is -2.34. The van der Waals surface area contributed by atoms with Crippen molar-refractivity contribution in [2.24, 2.45) is 11.8 Å². The molecule has 0 radical (unpaired) electrons. The topological polar surface area (TPSA) is 45.2 Å². The zero-order valence-corrected chi connectivity index (χ0v) is 16.8. The molecular formula is C20H26ClN3OS. The van der Waals surface area contributed by atoms with E-state index in [0.29, 0.717) is 12.0 Å². The zero-order valence-electron chi connectivity index (χ0n) is 15.2. The minimum atomic E-state index is 0.143. The summed E-state index contributed by atoms with van der Waals surface area (Å²) in [6.07, 6.45) is 6.74. The van der Waals surface area contributed by atoms with Gasteiger partial charge in [0.2, 0.25) is 5.91 Å². The van der Waals surface area contributed by atoms with E-state index in [1.807, 2.05) is 18.2 Å². The van der Waals surface area contributed by atoms with Crippen LogP contribution >= 0.6 is 22.9 Å². The van der Waals surface area contributed by atoms with Crippen LogP contribution in [0.5, 0.6) is 0 Å². The molecule has 140 valence electrons. The second-order valence-corrected chi connectivity index (χ2v) is 9.19. The molecular weight excluding hydrogens is 366 g/mol. The standard InChI is InChI=1S/C20H26ClN3OS/c1-13-4-2-3-5-16(13)22-19(25)14-8-10-24(11-9-14)20-23-17-7-6-15(21)12-18(17)26-20/h6-7,12-14,16H,2-5,8-11H2,1H3,(H,22,25). The lowest BCUT2D eigenvalue weighted by Crippen LogP contribution is -2.46. The number of benzene rings is 1. The summed E-state index contributed by atoms with van der Waals surface area (Å²) in [6.45, 7) is 4.06. The second kappa shape index (κ2) is 7.73. The smallest absolute Gasteiger partial charge is 0.223 e. The van der Waals surface area contributed by atoms with E-state index in [2.05, 4.69) is 17.1 Å². The number of thiazole rings is 1. The number of anilines is 1. The van der Waals surface area contributed by atoms with Gasteiger partial charge in [-0.3, -0.25) is 4.79 Å². The van der Waals surface area contributed by atoms with Crippen LogP contribution in [-0.2, 0) is 4.79 Å². The maximum Gasteiger partial charge on any atom is 0.223 e. The minimum absolute atomic E-state index is 0.143. The Balaban J connectivity index is 1.35. The number of hydrogen-bond donors (Lipinski definition) is 1. The molecule has 1 N–H and O–H groups in total. The number of amides is 1. The molecule has 0 spiro atoms. The summed E-state index contributed by atoms with van der Waals surface area (Å²) in [5, 5.41) is 5.13. The van der Waals surface area contributed by atoms with Crippen molar-refractivity contribution in [3.05, 3.63) is 23.2 Å². The number of nitrogens with zero attached hydrogens (tertiary/aromatic N) is 2. The van der Waals surface area contributed by atoms with Crippen LogP contribution in [0.4, 0.5) is 5.13 Å².